The second-order valence-corrected chi connectivity index (χ2v) is 9.07. The molecule has 4 aromatic rings. The first kappa shape index (κ1) is 25.1. The highest BCUT2D eigenvalue weighted by molar-refractivity contribution is 6.17. The number of methoxy groups -OCH3 is 1. The molecule has 0 amide bonds. The van der Waals surface area contributed by atoms with Crippen LogP contribution in [-0.2, 0) is 27.4 Å². The van der Waals surface area contributed by atoms with Gasteiger partial charge in [-0.2, -0.15) is 0 Å². The fourth-order valence-electron chi connectivity index (χ4n) is 4.00. The number of hydrogen-bond acceptors (Lipinski definition) is 8. The van der Waals surface area contributed by atoms with Crippen LogP contribution < -0.4 is 4.74 Å². The van der Waals surface area contributed by atoms with Gasteiger partial charge in [-0.15, -0.1) is 0 Å². The van der Waals surface area contributed by atoms with Gasteiger partial charge in [0.25, 0.3) is 0 Å². The Kier molecular flexibility index (Phi) is 7.21. The van der Waals surface area contributed by atoms with Crippen LogP contribution in [0.1, 0.15) is 49.4 Å². The van der Waals surface area contributed by atoms with Crippen LogP contribution in [0.5, 0.6) is 5.75 Å². The lowest BCUT2D eigenvalue weighted by atomic mass is 10.0. The molecule has 0 aliphatic rings. The van der Waals surface area contributed by atoms with E-state index in [4.69, 9.17) is 18.9 Å². The summed E-state index contributed by atoms with van der Waals surface area (Å²) in [5.41, 5.74) is 1.66. The van der Waals surface area contributed by atoms with Crippen LogP contribution in [-0.4, -0.2) is 45.9 Å². The van der Waals surface area contributed by atoms with Crippen molar-refractivity contribution in [3.05, 3.63) is 65.7 Å². The lowest BCUT2D eigenvalue weighted by Crippen LogP contribution is -2.27. The number of benzene rings is 1. The molecule has 0 N–H and O–H groups in total. The Morgan fingerprint density at radius 3 is 2.44 bits per heavy atom. The van der Waals surface area contributed by atoms with E-state index in [2.05, 4.69) is 9.97 Å². The number of esters is 1. The average Bonchev–Trinajstić information content (AvgIpc) is 3.18. The van der Waals surface area contributed by atoms with Gasteiger partial charge in [0.15, 0.2) is 5.69 Å². The van der Waals surface area contributed by atoms with E-state index in [0.717, 1.165) is 5.69 Å². The molecule has 0 aliphatic heterocycles. The van der Waals surface area contributed by atoms with E-state index in [1.807, 2.05) is 24.3 Å². The monoisotopic (exact) mass is 491 g/mol. The highest BCUT2D eigenvalue weighted by Crippen LogP contribution is 2.39. The maximum Gasteiger partial charge on any atom is 0.419 e. The van der Waals surface area contributed by atoms with Crippen molar-refractivity contribution in [3.8, 4) is 5.75 Å². The topological polar surface area (TPSA) is 102 Å². The van der Waals surface area contributed by atoms with Gasteiger partial charge < -0.3 is 18.9 Å². The summed E-state index contributed by atoms with van der Waals surface area (Å²) in [6.45, 7) is 7.61. The van der Waals surface area contributed by atoms with Crippen LogP contribution in [0.3, 0.4) is 0 Å². The zero-order valence-electron chi connectivity index (χ0n) is 21.0. The highest BCUT2D eigenvalue weighted by atomic mass is 16.6. The molecule has 0 atom stereocenters. The highest BCUT2D eigenvalue weighted by Gasteiger charge is 2.28. The van der Waals surface area contributed by atoms with Crippen LogP contribution in [0.2, 0.25) is 0 Å². The van der Waals surface area contributed by atoms with Crippen LogP contribution >= 0.6 is 0 Å². The maximum absolute atomic E-state index is 13.4. The largest absolute Gasteiger partial charge is 0.487 e. The van der Waals surface area contributed by atoms with Crippen molar-refractivity contribution >= 4 is 33.9 Å². The third-order valence-corrected chi connectivity index (χ3v) is 5.33. The van der Waals surface area contributed by atoms with Crippen molar-refractivity contribution in [2.24, 2.45) is 0 Å². The number of hydrogen-bond donors (Lipinski definition) is 0. The summed E-state index contributed by atoms with van der Waals surface area (Å²) >= 11 is 0. The Bertz CT molecular complexity index is 1410. The van der Waals surface area contributed by atoms with Gasteiger partial charge in [-0.3, -0.25) is 4.98 Å². The molecule has 36 heavy (non-hydrogen) atoms. The molecule has 188 valence electrons. The Labute approximate surface area is 209 Å². The van der Waals surface area contributed by atoms with Crippen molar-refractivity contribution in [2.45, 2.75) is 46.5 Å². The first-order valence-corrected chi connectivity index (χ1v) is 11.6. The maximum atomic E-state index is 13.4. The number of aromatic nitrogens is 3. The number of nitrogens with zero attached hydrogens (tertiary/aromatic N) is 3. The minimum Gasteiger partial charge on any atom is -0.487 e. The molecule has 0 fully saturated rings. The first-order valence-electron chi connectivity index (χ1n) is 11.6. The second kappa shape index (κ2) is 10.3. The molecule has 0 saturated carbocycles. The molecule has 0 bridgehead atoms. The molecule has 0 spiro atoms. The first-order chi connectivity index (χ1) is 17.2. The molecule has 0 saturated heterocycles. The predicted octanol–water partition coefficient (Wildman–Crippen LogP) is 5.27. The minimum absolute atomic E-state index is 0.0699. The van der Waals surface area contributed by atoms with Crippen LogP contribution in [0.25, 0.3) is 21.8 Å². The van der Waals surface area contributed by atoms with Gasteiger partial charge in [-0.1, -0.05) is 12.1 Å². The summed E-state index contributed by atoms with van der Waals surface area (Å²) in [4.78, 5) is 34.8. The molecule has 3 aromatic heterocycles. The van der Waals surface area contributed by atoms with Gasteiger partial charge in [0.1, 0.15) is 18.0 Å². The van der Waals surface area contributed by atoms with E-state index in [0.29, 0.717) is 33.1 Å². The zero-order valence-corrected chi connectivity index (χ0v) is 21.0. The Balaban J connectivity index is 2.00. The van der Waals surface area contributed by atoms with E-state index in [1.54, 1.807) is 46.0 Å². The standard InChI is InChI=1S/C27H29N3O6/c1-6-34-25(31)24-18(16-33-5)22-20(14-29-24)30(26(32)36-27(2,3)4)19-11-9-12-21(23(19)22)35-15-17-10-7-8-13-28-17/h7-14H,6,15-16H2,1-5H3. The summed E-state index contributed by atoms with van der Waals surface area (Å²) < 4.78 is 24.0. The van der Waals surface area contributed by atoms with Crippen molar-refractivity contribution in [1.29, 1.82) is 0 Å². The number of pyridine rings is 2. The Morgan fingerprint density at radius 2 is 1.78 bits per heavy atom. The molecular weight excluding hydrogens is 462 g/mol. The van der Waals surface area contributed by atoms with Gasteiger partial charge in [-0.05, 0) is 52.0 Å². The molecule has 9 heteroatoms. The lowest BCUT2D eigenvalue weighted by Gasteiger charge is -2.20. The number of fused-ring (bicyclic) bond motifs is 3. The molecular formula is C27H29N3O6. The van der Waals surface area contributed by atoms with Crippen LogP contribution in [0.4, 0.5) is 4.79 Å². The van der Waals surface area contributed by atoms with E-state index >= 15 is 0 Å². The van der Waals surface area contributed by atoms with Gasteiger partial charge in [-0.25, -0.2) is 19.1 Å². The van der Waals surface area contributed by atoms with E-state index in [1.165, 1.54) is 17.9 Å². The number of rotatable bonds is 7. The Morgan fingerprint density at radius 1 is 0.972 bits per heavy atom. The molecule has 1 aromatic carbocycles. The van der Waals surface area contributed by atoms with Crippen molar-refractivity contribution in [2.75, 3.05) is 13.7 Å². The van der Waals surface area contributed by atoms with Gasteiger partial charge in [0, 0.05) is 24.3 Å². The summed E-state index contributed by atoms with van der Waals surface area (Å²) in [5.74, 6) is -0.0553. The minimum atomic E-state index is -0.721. The van der Waals surface area contributed by atoms with Crippen molar-refractivity contribution in [1.82, 2.24) is 14.5 Å². The number of carbonyl (C=O) groups excluding carboxylic acids is 2. The smallest absolute Gasteiger partial charge is 0.419 e. The number of carbonyl (C=O) groups is 2. The second-order valence-electron chi connectivity index (χ2n) is 9.07. The lowest BCUT2D eigenvalue weighted by molar-refractivity contribution is 0.0513. The summed E-state index contributed by atoms with van der Waals surface area (Å²) in [6, 6.07) is 11.0. The van der Waals surface area contributed by atoms with Gasteiger partial charge in [0.2, 0.25) is 0 Å². The average molecular weight is 492 g/mol. The molecule has 0 aliphatic carbocycles. The van der Waals surface area contributed by atoms with Crippen molar-refractivity contribution < 1.29 is 28.5 Å². The summed E-state index contributed by atoms with van der Waals surface area (Å²) in [5, 5.41) is 1.24. The SMILES string of the molecule is CCOC(=O)c1ncc2c(c1COC)c1c(OCc3ccccn3)cccc1n2C(=O)OC(C)(C)C. The zero-order chi connectivity index (χ0) is 25.9. The molecule has 4 rings (SSSR count). The molecule has 0 unspecified atom stereocenters. The third kappa shape index (κ3) is 5.01. The third-order valence-electron chi connectivity index (χ3n) is 5.33. The van der Waals surface area contributed by atoms with Crippen LogP contribution in [0.15, 0.2) is 48.8 Å². The molecule has 9 nitrogen and oxygen atoms in total. The quantitative estimate of drug-likeness (QED) is 0.322. The van der Waals surface area contributed by atoms with E-state index in [-0.39, 0.29) is 25.5 Å². The van der Waals surface area contributed by atoms with Crippen LogP contribution in [0, 0.1) is 0 Å². The summed E-state index contributed by atoms with van der Waals surface area (Å²) in [6.07, 6.45) is 2.60. The van der Waals surface area contributed by atoms with E-state index in [9.17, 15) is 9.59 Å². The number of ether oxygens (including phenoxy) is 4. The van der Waals surface area contributed by atoms with Gasteiger partial charge >= 0.3 is 12.1 Å². The molecule has 3 heterocycles. The fourth-order valence-corrected chi connectivity index (χ4v) is 4.00. The Hall–Kier alpha value is -3.98. The normalized spacial score (nSPS) is 11.6. The molecule has 0 radical (unpaired) electrons. The predicted molar refractivity (Wildman–Crippen MR) is 134 cm³/mol. The summed E-state index contributed by atoms with van der Waals surface area (Å²) in [7, 11) is 1.53. The van der Waals surface area contributed by atoms with Crippen molar-refractivity contribution in [3.63, 3.8) is 0 Å². The van der Waals surface area contributed by atoms with Gasteiger partial charge in [0.05, 0.1) is 41.5 Å². The fraction of sp³-hybridized carbons (Fsp3) is 0.333. The van der Waals surface area contributed by atoms with E-state index < -0.39 is 17.7 Å².